The van der Waals surface area contributed by atoms with Crippen LogP contribution >= 0.6 is 0 Å². The van der Waals surface area contributed by atoms with Gasteiger partial charge in [-0.2, -0.15) is 0 Å². The van der Waals surface area contributed by atoms with Crippen molar-refractivity contribution in [2.24, 2.45) is 0 Å². The van der Waals surface area contributed by atoms with E-state index in [2.05, 4.69) is 0 Å². The van der Waals surface area contributed by atoms with Gasteiger partial charge >= 0.3 is 11.9 Å². The van der Waals surface area contributed by atoms with Crippen molar-refractivity contribution in [1.29, 1.82) is 0 Å². The molecule has 0 bridgehead atoms. The summed E-state index contributed by atoms with van der Waals surface area (Å²) in [5.74, 6) is -1.92. The third kappa shape index (κ3) is 3.38. The Labute approximate surface area is 123 Å². The summed E-state index contributed by atoms with van der Waals surface area (Å²) in [4.78, 5) is 22.8. The van der Waals surface area contributed by atoms with E-state index in [4.69, 9.17) is 0 Å². The van der Waals surface area contributed by atoms with Crippen molar-refractivity contribution >= 4 is 30.4 Å². The Hall–Kier alpha value is -2.40. The van der Waals surface area contributed by atoms with Crippen molar-refractivity contribution < 1.29 is 19.8 Å². The maximum Gasteiger partial charge on any atom is 0.301 e. The number of rotatable bonds is 6. The van der Waals surface area contributed by atoms with Gasteiger partial charge in [-0.25, -0.2) is 0 Å². The zero-order valence-electron chi connectivity index (χ0n) is 11.4. The van der Waals surface area contributed by atoms with E-state index in [1.165, 1.54) is 0 Å². The molecule has 0 unspecified atom stereocenters. The first-order chi connectivity index (χ1) is 10.0. The van der Waals surface area contributed by atoms with Gasteiger partial charge in [0.2, 0.25) is 0 Å². The number of carboxylic acid groups (broad SMARTS) is 2. The molecule has 5 heteroatoms. The molecule has 2 aromatic rings. The third-order valence-electron chi connectivity index (χ3n) is 3.56. The molecule has 0 saturated carbocycles. The van der Waals surface area contributed by atoms with E-state index in [0.717, 1.165) is 10.4 Å². The van der Waals surface area contributed by atoms with Gasteiger partial charge in [-0.3, -0.25) is 9.59 Å². The van der Waals surface area contributed by atoms with Crippen LogP contribution in [0.15, 0.2) is 60.7 Å². The van der Waals surface area contributed by atoms with Gasteiger partial charge in [0.05, 0.1) is 0 Å². The quantitative estimate of drug-likeness (QED) is 0.791. The maximum atomic E-state index is 11.4. The van der Waals surface area contributed by atoms with Gasteiger partial charge in [-0.15, -0.1) is 0 Å². The van der Waals surface area contributed by atoms with Crippen LogP contribution in [0.4, 0.5) is 0 Å². The summed E-state index contributed by atoms with van der Waals surface area (Å²) in [5, 5.41) is 20.3. The maximum absolute atomic E-state index is 11.4. The minimum Gasteiger partial charge on any atom is -0.481 e. The fraction of sp³-hybridized carbons (Fsp3) is 0.125. The van der Waals surface area contributed by atoms with Crippen molar-refractivity contribution in [3.05, 3.63) is 60.7 Å². The molecule has 0 aromatic heterocycles. The lowest BCUT2D eigenvalue weighted by atomic mass is 10.4. The van der Waals surface area contributed by atoms with E-state index in [1.54, 1.807) is 0 Å². The number of hydrogen-bond donors (Lipinski definition) is 2. The molecule has 4 nitrogen and oxygen atoms in total. The molecule has 2 rings (SSSR count). The van der Waals surface area contributed by atoms with Gasteiger partial charge in [0.15, 0.2) is 0 Å². The van der Waals surface area contributed by atoms with Crippen LogP contribution in [-0.2, 0) is 9.59 Å². The fourth-order valence-corrected chi connectivity index (χ4v) is 6.64. The Kier molecular flexibility index (Phi) is 4.54. The monoisotopic (exact) mass is 300 g/mol. The molecular formula is C16H16O4Si. The molecule has 21 heavy (non-hydrogen) atoms. The molecule has 0 aliphatic rings. The van der Waals surface area contributed by atoms with Gasteiger partial charge in [0, 0.05) is 12.1 Å². The normalized spacial score (nSPS) is 11.0. The van der Waals surface area contributed by atoms with Crippen molar-refractivity contribution in [2.75, 3.05) is 0 Å². The molecular weight excluding hydrogens is 284 g/mol. The standard InChI is InChI=1S/C16H16O4Si/c17-15(18)11-21(12-16(19)20,13-7-3-1-4-8-13)14-9-5-2-6-10-14/h1-10H,11-12H2,(H,17,18)(H,19,20). The zero-order valence-corrected chi connectivity index (χ0v) is 12.4. The third-order valence-corrected chi connectivity index (χ3v) is 8.25. The van der Waals surface area contributed by atoms with E-state index in [-0.39, 0.29) is 12.1 Å². The topological polar surface area (TPSA) is 74.6 Å². The zero-order chi connectivity index (χ0) is 15.3. The Balaban J connectivity index is 2.64. The molecule has 0 aliphatic heterocycles. The summed E-state index contributed by atoms with van der Waals surface area (Å²) >= 11 is 0. The Morgan fingerprint density at radius 3 is 1.33 bits per heavy atom. The van der Waals surface area contributed by atoms with Crippen LogP contribution in [0.3, 0.4) is 0 Å². The van der Waals surface area contributed by atoms with Gasteiger partial charge in [-0.05, 0) is 0 Å². The smallest absolute Gasteiger partial charge is 0.301 e. The van der Waals surface area contributed by atoms with E-state index >= 15 is 0 Å². The van der Waals surface area contributed by atoms with E-state index in [1.807, 2.05) is 60.7 Å². The number of hydrogen-bond acceptors (Lipinski definition) is 2. The van der Waals surface area contributed by atoms with Crippen LogP contribution in [0.2, 0.25) is 12.1 Å². The summed E-state index contributed by atoms with van der Waals surface area (Å²) in [6, 6.07) is 18.1. The highest BCUT2D eigenvalue weighted by atomic mass is 28.3. The Morgan fingerprint density at radius 1 is 0.714 bits per heavy atom. The number of aliphatic carboxylic acids is 2. The Morgan fingerprint density at radius 2 is 1.05 bits per heavy atom. The van der Waals surface area contributed by atoms with Gasteiger partial charge in [0.25, 0.3) is 0 Å². The SMILES string of the molecule is O=C(O)C[Si](CC(=O)O)(c1ccccc1)c1ccccc1. The summed E-state index contributed by atoms with van der Waals surface area (Å²) < 4.78 is 0. The molecule has 0 heterocycles. The molecule has 0 amide bonds. The van der Waals surface area contributed by atoms with Crippen LogP contribution in [0, 0.1) is 0 Å². The molecule has 0 radical (unpaired) electrons. The van der Waals surface area contributed by atoms with Crippen molar-refractivity contribution in [3.63, 3.8) is 0 Å². The molecule has 0 saturated heterocycles. The second-order valence-corrected chi connectivity index (χ2v) is 8.98. The van der Waals surface area contributed by atoms with Crippen LogP contribution in [0.1, 0.15) is 0 Å². The van der Waals surface area contributed by atoms with E-state index in [9.17, 15) is 19.8 Å². The first-order valence-corrected chi connectivity index (χ1v) is 9.01. The molecule has 0 spiro atoms. The highest BCUT2D eigenvalue weighted by Crippen LogP contribution is 2.17. The highest BCUT2D eigenvalue weighted by Gasteiger charge is 2.41. The minimum atomic E-state index is -2.87. The molecule has 108 valence electrons. The average molecular weight is 300 g/mol. The van der Waals surface area contributed by atoms with E-state index in [0.29, 0.717) is 0 Å². The lowest BCUT2D eigenvalue weighted by Crippen LogP contribution is -2.60. The minimum absolute atomic E-state index is 0.132. The van der Waals surface area contributed by atoms with Crippen LogP contribution in [-0.4, -0.2) is 30.2 Å². The summed E-state index contributed by atoms with van der Waals surface area (Å²) in [5.41, 5.74) is 0. The lowest BCUT2D eigenvalue weighted by Gasteiger charge is -2.30. The van der Waals surface area contributed by atoms with Gasteiger partial charge < -0.3 is 10.2 Å². The predicted molar refractivity (Wildman–Crippen MR) is 82.8 cm³/mol. The molecule has 2 N–H and O–H groups in total. The Bertz CT molecular complexity index is 568. The summed E-state index contributed by atoms with van der Waals surface area (Å²) in [7, 11) is -2.87. The average Bonchev–Trinajstić information content (AvgIpc) is 2.47. The lowest BCUT2D eigenvalue weighted by molar-refractivity contribution is -0.134. The van der Waals surface area contributed by atoms with Crippen molar-refractivity contribution in [2.45, 2.75) is 12.1 Å². The molecule has 0 atom stereocenters. The van der Waals surface area contributed by atoms with Crippen LogP contribution in [0.5, 0.6) is 0 Å². The summed E-state index contributed by atoms with van der Waals surface area (Å²) in [6.45, 7) is 0. The van der Waals surface area contributed by atoms with Crippen molar-refractivity contribution in [1.82, 2.24) is 0 Å². The number of carbonyl (C=O) groups is 2. The summed E-state index contributed by atoms with van der Waals surface area (Å²) in [6.07, 6.45) is 0. The molecule has 0 fully saturated rings. The van der Waals surface area contributed by atoms with Gasteiger partial charge in [-0.1, -0.05) is 71.0 Å². The first-order valence-electron chi connectivity index (χ1n) is 6.59. The van der Waals surface area contributed by atoms with Crippen LogP contribution < -0.4 is 10.4 Å². The van der Waals surface area contributed by atoms with Crippen molar-refractivity contribution in [3.8, 4) is 0 Å². The van der Waals surface area contributed by atoms with E-state index < -0.39 is 20.0 Å². The van der Waals surface area contributed by atoms with Gasteiger partial charge in [0.1, 0.15) is 8.07 Å². The highest BCUT2D eigenvalue weighted by molar-refractivity contribution is 7.05. The largest absolute Gasteiger partial charge is 0.481 e. The molecule has 0 aliphatic carbocycles. The first kappa shape index (κ1) is 15.0. The van der Waals surface area contributed by atoms with Crippen LogP contribution in [0.25, 0.3) is 0 Å². The number of benzene rings is 2. The fourth-order valence-electron chi connectivity index (χ4n) is 2.67. The second kappa shape index (κ2) is 6.36. The number of carboxylic acids is 2. The molecule has 2 aromatic carbocycles. The predicted octanol–water partition coefficient (Wildman–Crippen LogP) is 1.42. The second-order valence-electron chi connectivity index (χ2n) is 4.96.